The van der Waals surface area contributed by atoms with Gasteiger partial charge in [-0.25, -0.2) is 0 Å². The summed E-state index contributed by atoms with van der Waals surface area (Å²) in [6, 6.07) is 0. The average Bonchev–Trinajstić information content (AvgIpc) is 2.92. The van der Waals surface area contributed by atoms with Crippen LogP contribution in [0.1, 0.15) is 84.0 Å². The third kappa shape index (κ3) is 21.1. The van der Waals surface area contributed by atoms with E-state index >= 15 is 0 Å². The van der Waals surface area contributed by atoms with Gasteiger partial charge >= 0.3 is 7.25 Å². The van der Waals surface area contributed by atoms with Gasteiger partial charge < -0.3 is 27.1 Å². The molecule has 0 saturated heterocycles. The maximum absolute atomic E-state index is 9.75. The van der Waals surface area contributed by atoms with E-state index in [1.807, 2.05) is 0 Å². The minimum atomic E-state index is -6.00. The van der Waals surface area contributed by atoms with Crippen LogP contribution in [0.3, 0.4) is 0 Å². The van der Waals surface area contributed by atoms with Gasteiger partial charge in [0, 0.05) is 26.0 Å². The molecule has 0 N–H and O–H groups in total. The number of hydrogen-bond acceptors (Lipinski definition) is 2. The summed E-state index contributed by atoms with van der Waals surface area (Å²) in [6.07, 6.45) is 21.6. The lowest BCUT2D eigenvalue weighted by Gasteiger charge is -2.17. The van der Waals surface area contributed by atoms with E-state index in [0.717, 1.165) is 6.67 Å². The molecule has 2 nitrogen and oxygen atoms in total. The Morgan fingerprint density at radius 2 is 1.12 bits per heavy atom. The summed E-state index contributed by atoms with van der Waals surface area (Å²) in [6.45, 7) is 4.61. The van der Waals surface area contributed by atoms with E-state index in [0.29, 0.717) is 0 Å². The fourth-order valence-electron chi connectivity index (χ4n) is 2.89. The molecule has 150 valence electrons. The van der Waals surface area contributed by atoms with Crippen LogP contribution >= 0.6 is 0 Å². The quantitative estimate of drug-likeness (QED) is 0.204. The van der Waals surface area contributed by atoms with Gasteiger partial charge in [-0.1, -0.05) is 77.6 Å². The highest BCUT2D eigenvalue weighted by Crippen LogP contribution is 2.12. The molecule has 0 unspecified atom stereocenters. The van der Waals surface area contributed by atoms with Gasteiger partial charge in [-0.3, -0.25) is 0 Å². The molecule has 0 atom stereocenters. The average molecular weight is 367 g/mol. The van der Waals surface area contributed by atoms with Crippen LogP contribution in [0.2, 0.25) is 0 Å². The van der Waals surface area contributed by atoms with E-state index in [2.05, 4.69) is 36.2 Å². The highest BCUT2D eigenvalue weighted by Gasteiger charge is 2.20. The number of hydrogen-bond donors (Lipinski definition) is 0. The fraction of sp³-hybridized carbons (Fsp3) is 0.889. The summed E-state index contributed by atoms with van der Waals surface area (Å²) in [5.41, 5.74) is 0. The second-order valence-electron chi connectivity index (χ2n) is 6.89. The molecule has 0 spiro atoms. The van der Waals surface area contributed by atoms with E-state index < -0.39 is 7.25 Å². The van der Waals surface area contributed by atoms with Crippen molar-refractivity contribution in [2.45, 2.75) is 84.0 Å². The van der Waals surface area contributed by atoms with E-state index in [4.69, 9.17) is 0 Å². The zero-order valence-corrected chi connectivity index (χ0v) is 16.0. The van der Waals surface area contributed by atoms with E-state index in [1.54, 1.807) is 0 Å². The first-order chi connectivity index (χ1) is 11.8. The first kappa shape index (κ1) is 24.1. The Kier molecular flexibility index (Phi) is 14.8. The zero-order valence-electron chi connectivity index (χ0n) is 16.0. The molecular formula is C18H36BF4N2-. The Labute approximate surface area is 151 Å². The van der Waals surface area contributed by atoms with Crippen molar-refractivity contribution in [2.75, 3.05) is 20.3 Å². The fourth-order valence-corrected chi connectivity index (χ4v) is 2.89. The molecule has 25 heavy (non-hydrogen) atoms. The summed E-state index contributed by atoms with van der Waals surface area (Å²) in [5.74, 6) is 0. The summed E-state index contributed by atoms with van der Waals surface area (Å²) in [4.78, 5) is 4.65. The van der Waals surface area contributed by atoms with Crippen molar-refractivity contribution >= 4 is 7.25 Å². The minimum absolute atomic E-state index is 1.08. The Bertz CT molecular complexity index is 319. The van der Waals surface area contributed by atoms with Crippen LogP contribution in [-0.2, 0) is 0 Å². The number of unbranched alkanes of at least 4 members (excludes halogenated alkanes) is 11. The topological polar surface area (TPSA) is 6.48 Å². The number of halogens is 4. The third-order valence-corrected chi connectivity index (χ3v) is 4.24. The van der Waals surface area contributed by atoms with Crippen LogP contribution in [-0.4, -0.2) is 37.3 Å². The molecule has 0 radical (unpaired) electrons. The van der Waals surface area contributed by atoms with Gasteiger partial charge in [-0.15, -0.1) is 0 Å². The number of rotatable bonds is 13. The molecule has 1 aliphatic heterocycles. The van der Waals surface area contributed by atoms with Gasteiger partial charge in [0.2, 0.25) is 0 Å². The second-order valence-corrected chi connectivity index (χ2v) is 6.89. The Balaban J connectivity index is 0.00000101. The summed E-state index contributed by atoms with van der Waals surface area (Å²) >= 11 is 0. The molecule has 0 saturated carbocycles. The molecular weight excluding hydrogens is 331 g/mol. The minimum Gasteiger partial charge on any atom is -0.418 e. The molecule has 0 amide bonds. The molecule has 1 aliphatic rings. The first-order valence-corrected chi connectivity index (χ1v) is 9.83. The van der Waals surface area contributed by atoms with Crippen LogP contribution in [0.15, 0.2) is 12.4 Å². The predicted molar refractivity (Wildman–Crippen MR) is 99.7 cm³/mol. The Hall–Kier alpha value is -0.875. The molecule has 0 aromatic carbocycles. The molecule has 1 heterocycles. The summed E-state index contributed by atoms with van der Waals surface area (Å²) in [5, 5.41) is 0. The Morgan fingerprint density at radius 3 is 1.48 bits per heavy atom. The van der Waals surface area contributed by atoms with Crippen molar-refractivity contribution in [1.29, 1.82) is 0 Å². The number of nitrogens with zero attached hydrogens (tertiary/aromatic N) is 2. The summed E-state index contributed by atoms with van der Waals surface area (Å²) in [7, 11) is -3.86. The first-order valence-electron chi connectivity index (χ1n) is 9.83. The van der Waals surface area contributed by atoms with Crippen molar-refractivity contribution in [1.82, 2.24) is 9.80 Å². The van der Waals surface area contributed by atoms with E-state index in [1.165, 1.54) is 83.6 Å². The van der Waals surface area contributed by atoms with Gasteiger partial charge in [0.1, 0.15) is 0 Å². The summed E-state index contributed by atoms with van der Waals surface area (Å²) < 4.78 is 39.0. The van der Waals surface area contributed by atoms with Gasteiger partial charge in [0.05, 0.1) is 6.67 Å². The molecule has 0 aromatic rings. The lowest BCUT2D eigenvalue weighted by Crippen LogP contribution is -2.23. The van der Waals surface area contributed by atoms with E-state index in [9.17, 15) is 17.3 Å². The van der Waals surface area contributed by atoms with Gasteiger partial charge in [0.25, 0.3) is 0 Å². The lowest BCUT2D eigenvalue weighted by atomic mass is 10.1. The third-order valence-electron chi connectivity index (χ3n) is 4.24. The van der Waals surface area contributed by atoms with Crippen molar-refractivity contribution in [3.8, 4) is 0 Å². The molecule has 0 aliphatic carbocycles. The second kappa shape index (κ2) is 15.4. The van der Waals surface area contributed by atoms with Crippen LogP contribution in [0, 0.1) is 0 Å². The lowest BCUT2D eigenvalue weighted by molar-refractivity contribution is 0.290. The van der Waals surface area contributed by atoms with Crippen molar-refractivity contribution in [2.24, 2.45) is 0 Å². The SMILES string of the molecule is CCCCCCCCCCCCCCN1C=CN(C)C1.F[B-](F)(F)F. The molecule has 0 fully saturated rings. The van der Waals surface area contributed by atoms with Crippen molar-refractivity contribution < 1.29 is 17.3 Å². The van der Waals surface area contributed by atoms with Crippen LogP contribution in [0.5, 0.6) is 0 Å². The normalized spacial score (nSPS) is 14.0. The molecule has 0 aromatic heterocycles. The van der Waals surface area contributed by atoms with E-state index in [-0.39, 0.29) is 0 Å². The maximum Gasteiger partial charge on any atom is 0.673 e. The molecule has 0 bridgehead atoms. The van der Waals surface area contributed by atoms with Gasteiger partial charge in [-0.2, -0.15) is 0 Å². The van der Waals surface area contributed by atoms with Crippen LogP contribution in [0.25, 0.3) is 0 Å². The van der Waals surface area contributed by atoms with Crippen molar-refractivity contribution in [3.63, 3.8) is 0 Å². The monoisotopic (exact) mass is 367 g/mol. The van der Waals surface area contributed by atoms with Crippen LogP contribution < -0.4 is 0 Å². The van der Waals surface area contributed by atoms with Gasteiger partial charge in [-0.05, 0) is 6.42 Å². The van der Waals surface area contributed by atoms with Gasteiger partial charge in [0.15, 0.2) is 0 Å². The Morgan fingerprint density at radius 1 is 0.720 bits per heavy atom. The largest absolute Gasteiger partial charge is 0.673 e. The zero-order chi connectivity index (χ0) is 19.0. The highest BCUT2D eigenvalue weighted by atomic mass is 19.5. The highest BCUT2D eigenvalue weighted by molar-refractivity contribution is 6.50. The molecule has 7 heteroatoms. The predicted octanol–water partition coefficient (Wildman–Crippen LogP) is 6.66. The van der Waals surface area contributed by atoms with Crippen molar-refractivity contribution in [3.05, 3.63) is 12.4 Å². The standard InChI is InChI=1S/C18H36N2.BF4/c1-3-4-5-6-7-8-9-10-11-12-13-14-15-20-17-16-19(2)18-20;2-1(3,4)5/h16-17H,3-15,18H2,1-2H3;/q;-1. The smallest absolute Gasteiger partial charge is 0.418 e. The molecule has 1 rings (SSSR count). The van der Waals surface area contributed by atoms with Crippen LogP contribution in [0.4, 0.5) is 17.3 Å². The maximum atomic E-state index is 9.75.